The topological polar surface area (TPSA) is 110 Å². The van der Waals surface area contributed by atoms with Crippen molar-refractivity contribution in [1.29, 1.82) is 0 Å². The van der Waals surface area contributed by atoms with Crippen LogP contribution >= 0.6 is 0 Å². The SMILES string of the molecule is O=C(O)Oc1onc(Cc2cccc(-c3ccc4ncnc(NC5CC5)c4c3)c2)c1C1CC1. The van der Waals surface area contributed by atoms with Crippen molar-refractivity contribution in [1.82, 2.24) is 15.1 Å². The molecule has 8 heteroatoms. The number of carbonyl (C=O) groups is 1. The van der Waals surface area contributed by atoms with Gasteiger partial charge in [0, 0.05) is 17.8 Å². The summed E-state index contributed by atoms with van der Waals surface area (Å²) in [5.74, 6) is 1.13. The maximum absolute atomic E-state index is 11.0. The lowest BCUT2D eigenvalue weighted by atomic mass is 9.98. The number of benzene rings is 2. The molecule has 2 fully saturated rings. The van der Waals surface area contributed by atoms with Crippen molar-refractivity contribution >= 4 is 22.9 Å². The Morgan fingerprint density at radius 1 is 1.09 bits per heavy atom. The van der Waals surface area contributed by atoms with Gasteiger partial charge in [-0.05, 0) is 60.4 Å². The Bertz CT molecular complexity index is 1360. The number of carboxylic acid groups (broad SMARTS) is 1. The Kier molecular flexibility index (Phi) is 4.71. The molecule has 0 amide bonds. The lowest BCUT2D eigenvalue weighted by Gasteiger charge is -2.10. The van der Waals surface area contributed by atoms with Gasteiger partial charge < -0.3 is 19.7 Å². The van der Waals surface area contributed by atoms with Crippen LogP contribution in [-0.4, -0.2) is 32.4 Å². The van der Waals surface area contributed by atoms with Crippen molar-refractivity contribution in [3.63, 3.8) is 0 Å². The summed E-state index contributed by atoms with van der Waals surface area (Å²) in [6.45, 7) is 0. The third-order valence-corrected chi connectivity index (χ3v) is 6.12. The molecule has 8 nitrogen and oxygen atoms in total. The number of fused-ring (bicyclic) bond motifs is 1. The van der Waals surface area contributed by atoms with Gasteiger partial charge in [0.25, 0.3) is 0 Å². The Labute approximate surface area is 189 Å². The molecule has 0 aliphatic heterocycles. The molecular formula is C25H22N4O4. The predicted molar refractivity (Wildman–Crippen MR) is 122 cm³/mol. The summed E-state index contributed by atoms with van der Waals surface area (Å²) in [6, 6.07) is 15.0. The molecule has 2 aliphatic carbocycles. The van der Waals surface area contributed by atoms with Crippen molar-refractivity contribution in [2.45, 2.75) is 44.1 Å². The highest BCUT2D eigenvalue weighted by atomic mass is 16.7. The minimum atomic E-state index is -1.39. The van der Waals surface area contributed by atoms with E-state index in [1.807, 2.05) is 18.2 Å². The molecule has 33 heavy (non-hydrogen) atoms. The summed E-state index contributed by atoms with van der Waals surface area (Å²) in [5, 5.41) is 17.6. The number of nitrogens with zero attached hydrogens (tertiary/aromatic N) is 3. The van der Waals surface area contributed by atoms with Gasteiger partial charge in [0.05, 0.1) is 16.8 Å². The normalized spacial score (nSPS) is 15.5. The Morgan fingerprint density at radius 2 is 1.94 bits per heavy atom. The fourth-order valence-corrected chi connectivity index (χ4v) is 4.19. The molecule has 2 aromatic heterocycles. The van der Waals surface area contributed by atoms with Crippen LogP contribution in [0.5, 0.6) is 5.95 Å². The van der Waals surface area contributed by atoms with E-state index >= 15 is 0 Å². The summed E-state index contributed by atoms with van der Waals surface area (Å²) in [7, 11) is 0. The lowest BCUT2D eigenvalue weighted by Crippen LogP contribution is -2.04. The quantitative estimate of drug-likeness (QED) is 0.367. The summed E-state index contributed by atoms with van der Waals surface area (Å²) < 4.78 is 10.0. The van der Waals surface area contributed by atoms with Gasteiger partial charge in [-0.25, -0.2) is 14.8 Å². The van der Waals surface area contributed by atoms with Gasteiger partial charge in [0.1, 0.15) is 12.1 Å². The Balaban J connectivity index is 1.31. The minimum Gasteiger partial charge on any atom is -0.449 e. The van der Waals surface area contributed by atoms with Gasteiger partial charge >= 0.3 is 12.1 Å². The zero-order valence-electron chi connectivity index (χ0n) is 17.8. The van der Waals surface area contributed by atoms with Crippen LogP contribution in [0.2, 0.25) is 0 Å². The highest BCUT2D eigenvalue weighted by molar-refractivity contribution is 5.92. The zero-order valence-corrected chi connectivity index (χ0v) is 17.8. The molecule has 2 aromatic carbocycles. The van der Waals surface area contributed by atoms with E-state index in [2.05, 4.69) is 44.7 Å². The number of nitrogens with one attached hydrogen (secondary N) is 1. The van der Waals surface area contributed by atoms with Gasteiger partial charge in [-0.1, -0.05) is 35.5 Å². The molecule has 0 bridgehead atoms. The summed E-state index contributed by atoms with van der Waals surface area (Å²) >= 11 is 0. The standard InChI is InChI=1S/C25H22N4O4/c30-25(31)32-24-22(15-4-5-15)21(29-33-24)11-14-2-1-3-16(10-14)17-6-9-20-19(12-17)23(27-13-26-20)28-18-7-8-18/h1-3,6,9-10,12-13,15,18H,4-5,7-8,11H2,(H,30,31)(H,26,27,28). The third kappa shape index (κ3) is 4.11. The van der Waals surface area contributed by atoms with Gasteiger partial charge in [-0.3, -0.25) is 0 Å². The average Bonchev–Trinajstić information content (AvgIpc) is 3.75. The van der Waals surface area contributed by atoms with E-state index in [0.29, 0.717) is 12.5 Å². The fraction of sp³-hybridized carbons (Fsp3) is 0.280. The summed E-state index contributed by atoms with van der Waals surface area (Å²) in [4.78, 5) is 19.9. The third-order valence-electron chi connectivity index (χ3n) is 6.12. The summed E-state index contributed by atoms with van der Waals surface area (Å²) in [5.41, 5.74) is 5.64. The number of anilines is 1. The van der Waals surface area contributed by atoms with Gasteiger partial charge in [0.15, 0.2) is 0 Å². The monoisotopic (exact) mass is 442 g/mol. The average molecular weight is 442 g/mol. The molecule has 0 spiro atoms. The minimum absolute atomic E-state index is 0.00127. The highest BCUT2D eigenvalue weighted by Crippen LogP contribution is 2.46. The van der Waals surface area contributed by atoms with Crippen molar-refractivity contribution in [2.75, 3.05) is 5.32 Å². The second kappa shape index (κ2) is 7.88. The molecule has 0 radical (unpaired) electrons. The molecule has 2 heterocycles. The molecule has 2 aliphatic rings. The molecular weight excluding hydrogens is 420 g/mol. The molecule has 2 saturated carbocycles. The predicted octanol–water partition coefficient (Wildman–Crippen LogP) is 5.38. The van der Waals surface area contributed by atoms with E-state index in [4.69, 9.17) is 14.4 Å². The summed E-state index contributed by atoms with van der Waals surface area (Å²) in [6.07, 6.45) is 5.08. The highest BCUT2D eigenvalue weighted by Gasteiger charge is 2.34. The van der Waals surface area contributed by atoms with Gasteiger partial charge in [-0.2, -0.15) is 0 Å². The van der Waals surface area contributed by atoms with Crippen LogP contribution in [-0.2, 0) is 6.42 Å². The van der Waals surface area contributed by atoms with Crippen LogP contribution in [0.1, 0.15) is 48.4 Å². The van der Waals surface area contributed by atoms with E-state index in [1.165, 1.54) is 12.8 Å². The van der Waals surface area contributed by atoms with Crippen molar-refractivity contribution in [2.24, 2.45) is 0 Å². The second-order valence-electron chi connectivity index (χ2n) is 8.72. The molecule has 4 aromatic rings. The van der Waals surface area contributed by atoms with Gasteiger partial charge in [0.2, 0.25) is 0 Å². The van der Waals surface area contributed by atoms with Crippen LogP contribution in [0.15, 0.2) is 53.3 Å². The van der Waals surface area contributed by atoms with Crippen LogP contribution in [0.3, 0.4) is 0 Å². The lowest BCUT2D eigenvalue weighted by molar-refractivity contribution is 0.127. The van der Waals surface area contributed by atoms with Crippen molar-refractivity contribution < 1.29 is 19.2 Å². The zero-order chi connectivity index (χ0) is 22.4. The van der Waals surface area contributed by atoms with Gasteiger partial charge in [-0.15, -0.1) is 0 Å². The fourth-order valence-electron chi connectivity index (χ4n) is 4.19. The Morgan fingerprint density at radius 3 is 2.73 bits per heavy atom. The van der Waals surface area contributed by atoms with Crippen LogP contribution < -0.4 is 10.1 Å². The molecule has 0 unspecified atom stereocenters. The first-order chi connectivity index (χ1) is 16.1. The van der Waals surface area contributed by atoms with Crippen LogP contribution in [0.25, 0.3) is 22.0 Å². The molecule has 0 saturated heterocycles. The largest absolute Gasteiger partial charge is 0.513 e. The van der Waals surface area contributed by atoms with E-state index < -0.39 is 6.16 Å². The number of ether oxygens (including phenoxy) is 1. The maximum atomic E-state index is 11.0. The van der Waals surface area contributed by atoms with E-state index in [1.54, 1.807) is 6.33 Å². The number of aromatic nitrogens is 3. The van der Waals surface area contributed by atoms with Crippen molar-refractivity contribution in [3.8, 4) is 17.1 Å². The molecule has 166 valence electrons. The first kappa shape index (κ1) is 19.7. The Hall–Kier alpha value is -3.94. The second-order valence-corrected chi connectivity index (χ2v) is 8.72. The van der Waals surface area contributed by atoms with E-state index in [9.17, 15) is 4.79 Å². The van der Waals surface area contributed by atoms with Crippen molar-refractivity contribution in [3.05, 3.63) is 65.6 Å². The van der Waals surface area contributed by atoms with E-state index in [-0.39, 0.29) is 11.9 Å². The number of hydrogen-bond donors (Lipinski definition) is 2. The smallest absolute Gasteiger partial charge is 0.449 e. The van der Waals surface area contributed by atoms with Crippen LogP contribution in [0.4, 0.5) is 10.6 Å². The molecule has 0 atom stereocenters. The molecule has 6 rings (SSSR count). The van der Waals surface area contributed by atoms with Crippen LogP contribution in [0, 0.1) is 0 Å². The molecule has 2 N–H and O–H groups in total. The maximum Gasteiger partial charge on any atom is 0.513 e. The number of rotatable bonds is 7. The number of hydrogen-bond acceptors (Lipinski definition) is 7. The first-order valence-electron chi connectivity index (χ1n) is 11.1. The van der Waals surface area contributed by atoms with E-state index in [0.717, 1.165) is 57.5 Å². The first-order valence-corrected chi connectivity index (χ1v) is 11.1.